The predicted molar refractivity (Wildman–Crippen MR) is 146 cm³/mol. The Bertz CT molecular complexity index is 1280. The first kappa shape index (κ1) is 25.8. The number of aromatic nitrogens is 1. The molecular formula is C32H37NO3. The molecule has 36 heavy (non-hydrogen) atoms. The highest BCUT2D eigenvalue weighted by Gasteiger charge is 2.37. The van der Waals surface area contributed by atoms with Crippen molar-refractivity contribution in [1.82, 2.24) is 4.98 Å². The molecule has 1 fully saturated rings. The Labute approximate surface area is 215 Å². The molecule has 0 bridgehead atoms. The third kappa shape index (κ3) is 5.29. The topological polar surface area (TPSA) is 59.4 Å². The molecule has 0 atom stereocenters. The number of carbonyl (C=O) groups is 1. The van der Waals surface area contributed by atoms with E-state index in [2.05, 4.69) is 75.2 Å². The molecule has 1 heterocycles. The number of carbonyl (C=O) groups excluding carboxylic acids is 1. The Morgan fingerprint density at radius 1 is 1.03 bits per heavy atom. The minimum atomic E-state index is -0.588. The zero-order valence-electron chi connectivity index (χ0n) is 22.1. The fourth-order valence-electron chi connectivity index (χ4n) is 5.19. The van der Waals surface area contributed by atoms with Gasteiger partial charge in [-0.1, -0.05) is 62.4 Å². The third-order valence-electron chi connectivity index (χ3n) is 7.83. The average molecular weight is 484 g/mol. The second kappa shape index (κ2) is 10.4. The molecule has 1 aliphatic rings. The van der Waals surface area contributed by atoms with E-state index in [4.69, 9.17) is 4.74 Å². The van der Waals surface area contributed by atoms with Crippen molar-refractivity contribution in [3.63, 3.8) is 0 Å². The van der Waals surface area contributed by atoms with Crippen molar-refractivity contribution in [2.24, 2.45) is 0 Å². The van der Waals surface area contributed by atoms with Crippen LogP contribution in [0.2, 0.25) is 0 Å². The Balaban J connectivity index is 1.67. The molecule has 1 saturated carbocycles. The van der Waals surface area contributed by atoms with E-state index >= 15 is 0 Å². The largest absolute Gasteiger partial charge is 0.469 e. The third-order valence-corrected chi connectivity index (χ3v) is 7.83. The second-order valence-corrected chi connectivity index (χ2v) is 10.2. The molecule has 0 radical (unpaired) electrons. The Morgan fingerprint density at radius 3 is 2.28 bits per heavy atom. The summed E-state index contributed by atoms with van der Waals surface area (Å²) in [5, 5.41) is 10.2. The summed E-state index contributed by atoms with van der Waals surface area (Å²) in [6.45, 7) is 8.82. The molecule has 0 amide bonds. The Hall–Kier alpha value is -3.24. The summed E-state index contributed by atoms with van der Waals surface area (Å²) in [6.07, 6.45) is 11.5. The van der Waals surface area contributed by atoms with Crippen LogP contribution in [0.25, 0.3) is 17.2 Å². The van der Waals surface area contributed by atoms with Crippen molar-refractivity contribution in [2.45, 2.75) is 70.8 Å². The van der Waals surface area contributed by atoms with Crippen LogP contribution in [0, 0.1) is 13.8 Å². The van der Waals surface area contributed by atoms with Crippen LogP contribution in [0.5, 0.6) is 0 Å². The fourth-order valence-corrected chi connectivity index (χ4v) is 5.19. The average Bonchev–Trinajstić information content (AvgIpc) is 3.62. The van der Waals surface area contributed by atoms with Crippen molar-refractivity contribution in [3.05, 3.63) is 94.3 Å². The summed E-state index contributed by atoms with van der Waals surface area (Å²) in [4.78, 5) is 16.1. The molecule has 1 aliphatic carbocycles. The summed E-state index contributed by atoms with van der Waals surface area (Å²) in [5.41, 5.74) is 8.49. The summed E-state index contributed by atoms with van der Waals surface area (Å²) in [6, 6.07) is 15.5. The summed E-state index contributed by atoms with van der Waals surface area (Å²) >= 11 is 0. The smallest absolute Gasteiger partial charge is 0.310 e. The van der Waals surface area contributed by atoms with Crippen LogP contribution >= 0.6 is 0 Å². The monoisotopic (exact) mass is 483 g/mol. The van der Waals surface area contributed by atoms with E-state index in [-0.39, 0.29) is 17.8 Å². The normalized spacial score (nSPS) is 14.7. The lowest BCUT2D eigenvalue weighted by molar-refractivity contribution is -0.139. The van der Waals surface area contributed by atoms with Crippen LogP contribution in [0.3, 0.4) is 0 Å². The van der Waals surface area contributed by atoms with Crippen molar-refractivity contribution in [3.8, 4) is 11.1 Å². The van der Waals surface area contributed by atoms with Crippen molar-refractivity contribution in [1.29, 1.82) is 0 Å². The second-order valence-electron chi connectivity index (χ2n) is 10.2. The van der Waals surface area contributed by atoms with E-state index < -0.39 is 5.60 Å². The number of aliphatic hydroxyl groups is 1. The molecule has 0 saturated heterocycles. The maximum Gasteiger partial charge on any atom is 0.310 e. The van der Waals surface area contributed by atoms with Gasteiger partial charge in [0.05, 0.1) is 19.1 Å². The van der Waals surface area contributed by atoms with E-state index in [1.54, 1.807) is 6.20 Å². The van der Waals surface area contributed by atoms with Gasteiger partial charge in [-0.3, -0.25) is 9.78 Å². The molecule has 4 nitrogen and oxygen atoms in total. The van der Waals surface area contributed by atoms with E-state index in [1.165, 1.54) is 29.4 Å². The van der Waals surface area contributed by atoms with Crippen molar-refractivity contribution >= 4 is 12.0 Å². The van der Waals surface area contributed by atoms with Gasteiger partial charge in [-0.05, 0) is 84.5 Å². The number of pyridine rings is 1. The first-order valence-corrected chi connectivity index (χ1v) is 12.9. The SMILES string of the molecule is CCC(CC)(c1ccc(/C=C/C2(O)CC2)c(C)c1)c1ccc(-c2cncc(CC(=O)OC)c2)c(C)c1. The molecule has 1 N–H and O–H groups in total. The number of ether oxygens (including phenoxy) is 1. The Morgan fingerprint density at radius 2 is 1.69 bits per heavy atom. The minimum Gasteiger partial charge on any atom is -0.469 e. The lowest BCUT2D eigenvalue weighted by Gasteiger charge is -2.34. The van der Waals surface area contributed by atoms with Gasteiger partial charge < -0.3 is 9.84 Å². The van der Waals surface area contributed by atoms with Crippen LogP contribution in [-0.4, -0.2) is 28.8 Å². The summed E-state index contributed by atoms with van der Waals surface area (Å²) in [5.74, 6) is -0.267. The van der Waals surface area contributed by atoms with Crippen LogP contribution in [-0.2, 0) is 21.4 Å². The fraction of sp³-hybridized carbons (Fsp3) is 0.375. The van der Waals surface area contributed by atoms with Gasteiger partial charge in [0.2, 0.25) is 0 Å². The van der Waals surface area contributed by atoms with Crippen molar-refractivity contribution in [2.75, 3.05) is 7.11 Å². The molecule has 0 aliphatic heterocycles. The van der Waals surface area contributed by atoms with Crippen LogP contribution < -0.4 is 0 Å². The summed E-state index contributed by atoms with van der Waals surface area (Å²) in [7, 11) is 1.40. The predicted octanol–water partition coefficient (Wildman–Crippen LogP) is 6.73. The Kier molecular flexibility index (Phi) is 7.46. The molecule has 2 aromatic carbocycles. The zero-order chi connectivity index (χ0) is 25.9. The zero-order valence-corrected chi connectivity index (χ0v) is 22.1. The van der Waals surface area contributed by atoms with E-state index in [1.807, 2.05) is 18.3 Å². The highest BCUT2D eigenvalue weighted by molar-refractivity contribution is 5.74. The molecule has 0 unspecified atom stereocenters. The van der Waals surface area contributed by atoms with Gasteiger partial charge in [0.1, 0.15) is 0 Å². The number of nitrogens with zero attached hydrogens (tertiary/aromatic N) is 1. The van der Waals surface area contributed by atoms with E-state index in [0.29, 0.717) is 0 Å². The van der Waals surface area contributed by atoms with Gasteiger partial charge >= 0.3 is 5.97 Å². The van der Waals surface area contributed by atoms with Crippen molar-refractivity contribution < 1.29 is 14.6 Å². The molecule has 4 rings (SSSR count). The van der Waals surface area contributed by atoms with E-state index in [9.17, 15) is 9.90 Å². The van der Waals surface area contributed by atoms with Gasteiger partial charge in [-0.2, -0.15) is 0 Å². The molecular weight excluding hydrogens is 446 g/mol. The molecule has 188 valence electrons. The number of methoxy groups -OCH3 is 1. The molecule has 1 aromatic heterocycles. The van der Waals surface area contributed by atoms with Gasteiger partial charge in [0, 0.05) is 23.4 Å². The molecule has 0 spiro atoms. The number of aryl methyl sites for hydroxylation is 2. The number of benzene rings is 2. The number of hydrogen-bond acceptors (Lipinski definition) is 4. The standard InChI is InChI=1S/C32H37NO3/c1-6-32(7-2,27-9-8-25(22(3)16-27)12-13-31(35)14-15-31)28-10-11-29(23(4)17-28)26-18-24(20-33-21-26)19-30(34)36-5/h8-13,16-18,20-21,35H,6-7,14-15,19H2,1-5H3/b13-12+. The van der Waals surface area contributed by atoms with Crippen LogP contribution in [0.1, 0.15) is 72.9 Å². The lowest BCUT2D eigenvalue weighted by Crippen LogP contribution is -2.26. The minimum absolute atomic E-state index is 0.0873. The first-order valence-electron chi connectivity index (χ1n) is 12.9. The van der Waals surface area contributed by atoms with Gasteiger partial charge in [0.25, 0.3) is 0 Å². The van der Waals surface area contributed by atoms with Gasteiger partial charge in [-0.15, -0.1) is 0 Å². The first-order chi connectivity index (χ1) is 17.2. The lowest BCUT2D eigenvalue weighted by atomic mass is 9.69. The highest BCUT2D eigenvalue weighted by Crippen LogP contribution is 2.41. The number of hydrogen-bond donors (Lipinski definition) is 1. The molecule has 3 aromatic rings. The van der Waals surface area contributed by atoms with Crippen LogP contribution in [0.15, 0.2) is 60.9 Å². The van der Waals surface area contributed by atoms with Crippen LogP contribution in [0.4, 0.5) is 0 Å². The van der Waals surface area contributed by atoms with Gasteiger partial charge in [-0.25, -0.2) is 0 Å². The van der Waals surface area contributed by atoms with Gasteiger partial charge in [0.15, 0.2) is 0 Å². The quantitative estimate of drug-likeness (QED) is 0.343. The number of rotatable bonds is 9. The summed E-state index contributed by atoms with van der Waals surface area (Å²) < 4.78 is 4.81. The number of esters is 1. The van der Waals surface area contributed by atoms with E-state index in [0.717, 1.165) is 47.9 Å². The highest BCUT2D eigenvalue weighted by atomic mass is 16.5. The molecule has 4 heteroatoms. The maximum atomic E-state index is 11.7. The maximum absolute atomic E-state index is 11.7.